The Morgan fingerprint density at radius 1 is 0.353 bits per heavy atom. The number of hydrogen-bond acceptors (Lipinski definition) is 4. The molecule has 4 nitrogen and oxygen atoms in total. The van der Waals surface area contributed by atoms with Crippen molar-refractivity contribution in [1.82, 2.24) is 20.4 Å². The molecule has 0 bridgehead atoms. The van der Waals surface area contributed by atoms with E-state index in [4.69, 9.17) is 0 Å². The fraction of sp³-hybridized carbons (Fsp3) is 0. The van der Waals surface area contributed by atoms with Gasteiger partial charge in [-0.25, -0.2) is 17.6 Å². The molecule has 0 atom stereocenters. The van der Waals surface area contributed by atoms with Gasteiger partial charge in [0.2, 0.25) is 11.6 Å². The first kappa shape index (κ1) is 21.4. The van der Waals surface area contributed by atoms with E-state index in [1.165, 1.54) is 36.4 Å². The van der Waals surface area contributed by atoms with E-state index < -0.39 is 23.3 Å². The maximum Gasteiger partial charge on any atom is 0.203 e. The second-order valence-electron chi connectivity index (χ2n) is 7.40. The highest BCUT2D eigenvalue weighted by Crippen LogP contribution is 2.29. The van der Waals surface area contributed by atoms with E-state index in [-0.39, 0.29) is 22.8 Å². The van der Waals surface area contributed by atoms with Crippen LogP contribution >= 0.6 is 0 Å². The molecular formula is C26H14F4N4. The second-order valence-corrected chi connectivity index (χ2v) is 7.40. The third kappa shape index (κ3) is 4.01. The Hall–Kier alpha value is -4.46. The summed E-state index contributed by atoms with van der Waals surface area (Å²) in [5.41, 5.74) is 1.67. The molecular weight excluding hydrogens is 444 g/mol. The summed E-state index contributed by atoms with van der Waals surface area (Å²) in [4.78, 5) is 0. The first-order chi connectivity index (χ1) is 16.5. The molecule has 5 aromatic rings. The standard InChI is InChI=1S/C26H14F4N4/c27-19-3-1-4-20(28)23(19)15-7-11-17(12-8-15)25-31-33-26(34-32-25)18-13-9-16(10-14-18)24-21(29)5-2-6-22(24)30/h1-14H. The van der Waals surface area contributed by atoms with Gasteiger partial charge < -0.3 is 0 Å². The fourth-order valence-corrected chi connectivity index (χ4v) is 3.58. The Balaban J connectivity index is 1.38. The lowest BCUT2D eigenvalue weighted by Gasteiger charge is -2.07. The number of benzene rings is 4. The summed E-state index contributed by atoms with van der Waals surface area (Å²) in [6.07, 6.45) is 0. The van der Waals surface area contributed by atoms with E-state index in [1.807, 2.05) is 0 Å². The lowest BCUT2D eigenvalue weighted by atomic mass is 10.0. The Morgan fingerprint density at radius 3 is 0.912 bits per heavy atom. The van der Waals surface area contributed by atoms with Crippen LogP contribution in [0, 0.1) is 23.3 Å². The van der Waals surface area contributed by atoms with Gasteiger partial charge in [0.1, 0.15) is 23.3 Å². The van der Waals surface area contributed by atoms with Crippen molar-refractivity contribution in [3.63, 3.8) is 0 Å². The van der Waals surface area contributed by atoms with E-state index in [1.54, 1.807) is 48.5 Å². The van der Waals surface area contributed by atoms with Crippen LogP contribution in [0.5, 0.6) is 0 Å². The lowest BCUT2D eigenvalue weighted by Crippen LogP contribution is -1.99. The highest BCUT2D eigenvalue weighted by atomic mass is 19.1. The zero-order valence-corrected chi connectivity index (χ0v) is 17.4. The van der Waals surface area contributed by atoms with Gasteiger partial charge in [-0.1, -0.05) is 60.7 Å². The lowest BCUT2D eigenvalue weighted by molar-refractivity contribution is 0.589. The van der Waals surface area contributed by atoms with E-state index in [9.17, 15) is 17.6 Å². The number of halogens is 4. The summed E-state index contributed by atoms with van der Waals surface area (Å²) in [6, 6.07) is 20.1. The molecule has 0 N–H and O–H groups in total. The molecule has 34 heavy (non-hydrogen) atoms. The van der Waals surface area contributed by atoms with Gasteiger partial charge in [-0.2, -0.15) is 0 Å². The number of rotatable bonds is 4. The molecule has 1 aromatic heterocycles. The van der Waals surface area contributed by atoms with Gasteiger partial charge in [0.15, 0.2) is 0 Å². The van der Waals surface area contributed by atoms with Gasteiger partial charge in [0.25, 0.3) is 0 Å². The predicted octanol–water partition coefficient (Wildman–Crippen LogP) is 6.49. The topological polar surface area (TPSA) is 51.6 Å². The minimum atomic E-state index is -0.652. The number of aromatic nitrogens is 4. The Bertz CT molecular complexity index is 1310. The summed E-state index contributed by atoms with van der Waals surface area (Å²) >= 11 is 0. The predicted molar refractivity (Wildman–Crippen MR) is 119 cm³/mol. The number of hydrogen-bond donors (Lipinski definition) is 0. The average molecular weight is 458 g/mol. The first-order valence-electron chi connectivity index (χ1n) is 10.2. The second kappa shape index (κ2) is 8.82. The molecule has 0 aliphatic rings. The van der Waals surface area contributed by atoms with Crippen LogP contribution in [0.3, 0.4) is 0 Å². The van der Waals surface area contributed by atoms with Crippen LogP contribution in [0.15, 0.2) is 84.9 Å². The SMILES string of the molecule is Fc1cccc(F)c1-c1ccc(-c2nnc(-c3ccc(-c4c(F)cccc4F)cc3)nn2)cc1. The fourth-order valence-electron chi connectivity index (χ4n) is 3.58. The molecule has 166 valence electrons. The number of nitrogens with zero attached hydrogens (tertiary/aromatic N) is 4. The molecule has 4 aromatic carbocycles. The van der Waals surface area contributed by atoms with Gasteiger partial charge in [-0.05, 0) is 35.4 Å². The van der Waals surface area contributed by atoms with E-state index in [2.05, 4.69) is 20.4 Å². The third-order valence-electron chi connectivity index (χ3n) is 5.27. The Morgan fingerprint density at radius 2 is 0.618 bits per heavy atom. The molecule has 0 amide bonds. The van der Waals surface area contributed by atoms with Crippen LogP contribution in [0.1, 0.15) is 0 Å². The van der Waals surface area contributed by atoms with Crippen LogP contribution in [0.25, 0.3) is 45.0 Å². The summed E-state index contributed by atoms with van der Waals surface area (Å²) in [7, 11) is 0. The molecule has 0 aliphatic carbocycles. The van der Waals surface area contributed by atoms with Gasteiger partial charge in [0.05, 0.1) is 11.1 Å². The quantitative estimate of drug-likeness (QED) is 0.289. The van der Waals surface area contributed by atoms with Gasteiger partial charge in [0, 0.05) is 11.1 Å². The Labute approximate surface area is 191 Å². The van der Waals surface area contributed by atoms with Crippen LogP contribution in [0.2, 0.25) is 0 Å². The zero-order chi connectivity index (χ0) is 23.7. The largest absolute Gasteiger partial charge is 0.206 e. The van der Waals surface area contributed by atoms with Crippen LogP contribution in [0.4, 0.5) is 17.6 Å². The van der Waals surface area contributed by atoms with Crippen LogP contribution < -0.4 is 0 Å². The van der Waals surface area contributed by atoms with Crippen molar-refractivity contribution in [2.45, 2.75) is 0 Å². The van der Waals surface area contributed by atoms with Gasteiger partial charge >= 0.3 is 0 Å². The van der Waals surface area contributed by atoms with E-state index in [0.717, 1.165) is 0 Å². The molecule has 0 aliphatic heterocycles. The first-order valence-corrected chi connectivity index (χ1v) is 10.2. The monoisotopic (exact) mass is 458 g/mol. The molecule has 8 heteroatoms. The van der Waals surface area contributed by atoms with Crippen molar-refractivity contribution in [3.05, 3.63) is 108 Å². The summed E-state index contributed by atoms with van der Waals surface area (Å²) in [5, 5.41) is 16.3. The van der Waals surface area contributed by atoms with Crippen LogP contribution in [-0.2, 0) is 0 Å². The molecule has 0 radical (unpaired) electrons. The maximum absolute atomic E-state index is 14.0. The molecule has 0 saturated carbocycles. The zero-order valence-electron chi connectivity index (χ0n) is 17.4. The minimum Gasteiger partial charge on any atom is -0.206 e. The van der Waals surface area contributed by atoms with Crippen molar-refractivity contribution < 1.29 is 17.6 Å². The summed E-state index contributed by atoms with van der Waals surface area (Å²) < 4.78 is 56.0. The Kier molecular flexibility index (Phi) is 5.55. The van der Waals surface area contributed by atoms with Crippen molar-refractivity contribution in [1.29, 1.82) is 0 Å². The van der Waals surface area contributed by atoms with Crippen molar-refractivity contribution in [2.75, 3.05) is 0 Å². The normalized spacial score (nSPS) is 10.9. The molecule has 1 heterocycles. The van der Waals surface area contributed by atoms with E-state index in [0.29, 0.717) is 22.3 Å². The summed E-state index contributed by atoms with van der Waals surface area (Å²) in [5.74, 6) is -2.15. The highest BCUT2D eigenvalue weighted by Gasteiger charge is 2.14. The highest BCUT2D eigenvalue weighted by molar-refractivity contribution is 5.70. The van der Waals surface area contributed by atoms with Gasteiger partial charge in [-0.15, -0.1) is 20.4 Å². The van der Waals surface area contributed by atoms with Crippen molar-refractivity contribution in [3.8, 4) is 45.0 Å². The van der Waals surface area contributed by atoms with Gasteiger partial charge in [-0.3, -0.25) is 0 Å². The molecule has 5 rings (SSSR count). The smallest absolute Gasteiger partial charge is 0.203 e. The maximum atomic E-state index is 14.0. The van der Waals surface area contributed by atoms with Crippen molar-refractivity contribution >= 4 is 0 Å². The third-order valence-corrected chi connectivity index (χ3v) is 5.27. The summed E-state index contributed by atoms with van der Waals surface area (Å²) in [6.45, 7) is 0. The molecule has 0 spiro atoms. The van der Waals surface area contributed by atoms with E-state index >= 15 is 0 Å². The van der Waals surface area contributed by atoms with Crippen LogP contribution in [-0.4, -0.2) is 20.4 Å². The van der Waals surface area contributed by atoms with Crippen molar-refractivity contribution in [2.24, 2.45) is 0 Å². The molecule has 0 fully saturated rings. The average Bonchev–Trinajstić information content (AvgIpc) is 2.85. The molecule has 0 unspecified atom stereocenters. The molecule has 0 saturated heterocycles. The minimum absolute atomic E-state index is 0.111.